The summed E-state index contributed by atoms with van der Waals surface area (Å²) in [5.41, 5.74) is 7.19. The highest BCUT2D eigenvalue weighted by Gasteiger charge is 2.16. The van der Waals surface area contributed by atoms with Crippen molar-refractivity contribution >= 4 is 16.9 Å². The smallest absolute Gasteiger partial charge is 0.264 e. The van der Waals surface area contributed by atoms with E-state index in [4.69, 9.17) is 0 Å². The molecule has 0 aliphatic rings. The van der Waals surface area contributed by atoms with Crippen molar-refractivity contribution in [1.29, 1.82) is 0 Å². The van der Waals surface area contributed by atoms with Gasteiger partial charge in [0.1, 0.15) is 18.3 Å². The van der Waals surface area contributed by atoms with Crippen LogP contribution in [0.3, 0.4) is 0 Å². The molecule has 1 amide bonds. The van der Waals surface area contributed by atoms with Gasteiger partial charge >= 0.3 is 0 Å². The van der Waals surface area contributed by atoms with Gasteiger partial charge in [0.2, 0.25) is 5.91 Å². The van der Waals surface area contributed by atoms with Crippen LogP contribution in [-0.4, -0.2) is 35.0 Å². The third-order valence-corrected chi connectivity index (χ3v) is 6.49. The van der Waals surface area contributed by atoms with Crippen LogP contribution in [0.25, 0.3) is 16.7 Å². The molecule has 2 aromatic carbocycles. The number of rotatable bonds is 7. The molecule has 0 unspecified atom stereocenters. The second kappa shape index (κ2) is 9.85. The van der Waals surface area contributed by atoms with E-state index in [2.05, 4.69) is 38.7 Å². The normalized spacial score (nSPS) is 11.2. The Balaban J connectivity index is 1.30. The van der Waals surface area contributed by atoms with Crippen LogP contribution < -0.4 is 10.9 Å². The van der Waals surface area contributed by atoms with E-state index in [9.17, 15) is 9.59 Å². The molecule has 0 radical (unpaired) electrons. The van der Waals surface area contributed by atoms with E-state index in [-0.39, 0.29) is 18.0 Å². The van der Waals surface area contributed by atoms with E-state index < -0.39 is 0 Å². The van der Waals surface area contributed by atoms with Gasteiger partial charge in [0.15, 0.2) is 5.65 Å². The molecule has 0 atom stereocenters. The first-order chi connectivity index (χ1) is 17.8. The maximum atomic E-state index is 13.1. The molecule has 0 bridgehead atoms. The standard InChI is InChI=1S/C28H29N7O2/c1-18-10-19(2)12-23(11-18)35-27-25(14-31-35)28(37)33(17-30-27)16-26(36)29-13-24-20(3)32-34(21(24)4)15-22-8-6-5-7-9-22/h5-12,14,17H,13,15-16H2,1-4H3,(H,29,36). The average molecular weight is 496 g/mol. The minimum Gasteiger partial charge on any atom is -0.350 e. The molecular weight excluding hydrogens is 466 g/mol. The molecule has 1 N–H and O–H groups in total. The predicted molar refractivity (Wildman–Crippen MR) is 142 cm³/mol. The lowest BCUT2D eigenvalue weighted by atomic mass is 10.1. The molecule has 0 fully saturated rings. The number of hydrogen-bond donors (Lipinski definition) is 1. The molecule has 3 aromatic heterocycles. The Hall–Kier alpha value is -4.53. The Morgan fingerprint density at radius 3 is 2.46 bits per heavy atom. The number of fused-ring (bicyclic) bond motifs is 1. The Kier molecular flexibility index (Phi) is 6.43. The van der Waals surface area contributed by atoms with Crippen LogP contribution in [0.4, 0.5) is 0 Å². The molecule has 0 saturated carbocycles. The van der Waals surface area contributed by atoms with E-state index >= 15 is 0 Å². The maximum absolute atomic E-state index is 13.1. The summed E-state index contributed by atoms with van der Waals surface area (Å²) < 4.78 is 4.91. The molecule has 0 spiro atoms. The van der Waals surface area contributed by atoms with Crippen LogP contribution in [0, 0.1) is 27.7 Å². The third-order valence-electron chi connectivity index (χ3n) is 6.49. The summed E-state index contributed by atoms with van der Waals surface area (Å²) in [7, 11) is 0. The Morgan fingerprint density at radius 1 is 1.00 bits per heavy atom. The molecular formula is C28H29N7O2. The van der Waals surface area contributed by atoms with E-state index in [0.29, 0.717) is 24.1 Å². The van der Waals surface area contributed by atoms with Gasteiger partial charge in [0.05, 0.1) is 24.1 Å². The number of carbonyl (C=O) groups is 1. The fourth-order valence-electron chi connectivity index (χ4n) is 4.62. The lowest BCUT2D eigenvalue weighted by molar-refractivity contribution is -0.121. The van der Waals surface area contributed by atoms with Crippen molar-refractivity contribution in [3.63, 3.8) is 0 Å². The van der Waals surface area contributed by atoms with Gasteiger partial charge in [-0.1, -0.05) is 36.4 Å². The number of aryl methyl sites for hydroxylation is 3. The van der Waals surface area contributed by atoms with Crippen molar-refractivity contribution in [2.75, 3.05) is 0 Å². The summed E-state index contributed by atoms with van der Waals surface area (Å²) in [6.07, 6.45) is 2.91. The van der Waals surface area contributed by atoms with E-state index in [1.165, 1.54) is 17.1 Å². The highest BCUT2D eigenvalue weighted by Crippen LogP contribution is 2.17. The minimum atomic E-state index is -0.307. The van der Waals surface area contributed by atoms with Crippen LogP contribution in [0.1, 0.15) is 33.6 Å². The van der Waals surface area contributed by atoms with Crippen molar-refractivity contribution in [2.24, 2.45) is 0 Å². The summed E-state index contributed by atoms with van der Waals surface area (Å²) >= 11 is 0. The molecule has 5 rings (SSSR count). The van der Waals surface area contributed by atoms with Crippen molar-refractivity contribution < 1.29 is 4.79 Å². The van der Waals surface area contributed by atoms with Crippen LogP contribution in [0.15, 0.2) is 65.8 Å². The first kappa shape index (κ1) is 24.2. The number of aromatic nitrogens is 6. The van der Waals surface area contributed by atoms with E-state index in [1.54, 1.807) is 4.68 Å². The lowest BCUT2D eigenvalue weighted by Gasteiger charge is -2.09. The lowest BCUT2D eigenvalue weighted by Crippen LogP contribution is -2.32. The zero-order valence-electron chi connectivity index (χ0n) is 21.4. The fourth-order valence-corrected chi connectivity index (χ4v) is 4.62. The molecule has 0 aliphatic heterocycles. The molecule has 9 heteroatoms. The van der Waals surface area contributed by atoms with Crippen LogP contribution in [-0.2, 0) is 24.4 Å². The summed E-state index contributed by atoms with van der Waals surface area (Å²) in [6, 6.07) is 16.2. The highest BCUT2D eigenvalue weighted by atomic mass is 16.2. The summed E-state index contributed by atoms with van der Waals surface area (Å²) in [6.45, 7) is 8.83. The highest BCUT2D eigenvalue weighted by molar-refractivity contribution is 5.78. The number of amides is 1. The zero-order valence-corrected chi connectivity index (χ0v) is 21.4. The van der Waals surface area contributed by atoms with Gasteiger partial charge in [-0.2, -0.15) is 10.2 Å². The molecule has 0 aliphatic carbocycles. The maximum Gasteiger partial charge on any atom is 0.264 e. The van der Waals surface area contributed by atoms with Gasteiger partial charge in [-0.25, -0.2) is 9.67 Å². The van der Waals surface area contributed by atoms with Gasteiger partial charge in [0, 0.05) is 17.8 Å². The van der Waals surface area contributed by atoms with Gasteiger partial charge in [-0.3, -0.25) is 18.8 Å². The quantitative estimate of drug-likeness (QED) is 0.373. The van der Waals surface area contributed by atoms with Crippen molar-refractivity contribution in [3.05, 3.63) is 105 Å². The van der Waals surface area contributed by atoms with Crippen LogP contribution in [0.2, 0.25) is 0 Å². The molecule has 9 nitrogen and oxygen atoms in total. The number of benzene rings is 2. The monoisotopic (exact) mass is 495 g/mol. The largest absolute Gasteiger partial charge is 0.350 e. The molecule has 0 saturated heterocycles. The average Bonchev–Trinajstić information content (AvgIpc) is 3.41. The second-order valence-electron chi connectivity index (χ2n) is 9.39. The molecule has 3 heterocycles. The number of nitrogens with one attached hydrogen (secondary N) is 1. The summed E-state index contributed by atoms with van der Waals surface area (Å²) in [5, 5.41) is 12.3. The molecule has 37 heavy (non-hydrogen) atoms. The van der Waals surface area contributed by atoms with E-state index in [1.807, 2.05) is 62.7 Å². The van der Waals surface area contributed by atoms with Crippen molar-refractivity contribution in [2.45, 2.75) is 47.3 Å². The summed E-state index contributed by atoms with van der Waals surface area (Å²) in [5.74, 6) is -0.278. The summed E-state index contributed by atoms with van der Waals surface area (Å²) in [4.78, 5) is 30.3. The Morgan fingerprint density at radius 2 is 1.73 bits per heavy atom. The number of nitrogens with zero attached hydrogens (tertiary/aromatic N) is 6. The third kappa shape index (κ3) is 4.93. The van der Waals surface area contributed by atoms with Crippen molar-refractivity contribution in [1.82, 2.24) is 34.4 Å². The Bertz CT molecular complexity index is 1640. The van der Waals surface area contributed by atoms with Crippen LogP contribution >= 0.6 is 0 Å². The van der Waals surface area contributed by atoms with Gasteiger partial charge in [0.25, 0.3) is 5.56 Å². The van der Waals surface area contributed by atoms with Gasteiger partial charge < -0.3 is 5.32 Å². The SMILES string of the molecule is Cc1cc(C)cc(-n2ncc3c(=O)n(CC(=O)NCc4c(C)nn(Cc5ccccc5)c4C)cnc32)c1. The van der Waals surface area contributed by atoms with Crippen molar-refractivity contribution in [3.8, 4) is 5.69 Å². The topological polar surface area (TPSA) is 99.6 Å². The van der Waals surface area contributed by atoms with E-state index in [0.717, 1.165) is 39.3 Å². The number of carbonyl (C=O) groups excluding carboxylic acids is 1. The first-order valence-corrected chi connectivity index (χ1v) is 12.2. The Labute approximate surface area is 214 Å². The minimum absolute atomic E-state index is 0.132. The second-order valence-corrected chi connectivity index (χ2v) is 9.39. The van der Waals surface area contributed by atoms with Gasteiger partial charge in [-0.15, -0.1) is 0 Å². The van der Waals surface area contributed by atoms with Crippen LogP contribution in [0.5, 0.6) is 0 Å². The predicted octanol–water partition coefficient (Wildman–Crippen LogP) is 3.38. The zero-order chi connectivity index (χ0) is 26.1. The first-order valence-electron chi connectivity index (χ1n) is 12.2. The molecule has 188 valence electrons. The fraction of sp³-hybridized carbons (Fsp3) is 0.250. The van der Waals surface area contributed by atoms with Gasteiger partial charge in [-0.05, 0) is 56.5 Å². The number of hydrogen-bond acceptors (Lipinski definition) is 5. The molecule has 5 aromatic rings.